The van der Waals surface area contributed by atoms with Crippen LogP contribution in [0.3, 0.4) is 0 Å². The van der Waals surface area contributed by atoms with Gasteiger partial charge in [0.15, 0.2) is 0 Å². The molecule has 1 aliphatic heterocycles. The number of aromatic nitrogens is 2. The van der Waals surface area contributed by atoms with Crippen LogP contribution in [0.4, 0.5) is 26.1 Å². The SMILES string of the molecule is FC(F)CNC1CCC(COc2ccnc(Nc3ccc(N4CCOCC4)cc3)n2)CC1. The van der Waals surface area contributed by atoms with E-state index in [9.17, 15) is 8.78 Å². The first-order valence-corrected chi connectivity index (χ1v) is 11.3. The Balaban J connectivity index is 1.23. The summed E-state index contributed by atoms with van der Waals surface area (Å²) >= 11 is 0. The fourth-order valence-electron chi connectivity index (χ4n) is 4.18. The zero-order valence-electron chi connectivity index (χ0n) is 18.2. The number of rotatable bonds is 9. The van der Waals surface area contributed by atoms with Crippen molar-refractivity contribution < 1.29 is 18.3 Å². The quantitative estimate of drug-likeness (QED) is 0.605. The summed E-state index contributed by atoms with van der Waals surface area (Å²) < 4.78 is 36.0. The monoisotopic (exact) mass is 447 g/mol. The molecule has 1 aromatic heterocycles. The normalized spacial score (nSPS) is 21.5. The van der Waals surface area contributed by atoms with E-state index >= 15 is 0 Å². The Hall–Kier alpha value is -2.52. The maximum absolute atomic E-state index is 12.3. The Morgan fingerprint density at radius 3 is 2.53 bits per heavy atom. The number of hydrogen-bond donors (Lipinski definition) is 2. The maximum atomic E-state index is 12.3. The lowest BCUT2D eigenvalue weighted by molar-refractivity contribution is 0.122. The third-order valence-electron chi connectivity index (χ3n) is 6.00. The first-order chi connectivity index (χ1) is 15.7. The molecule has 7 nitrogen and oxygen atoms in total. The van der Waals surface area contributed by atoms with Crippen LogP contribution in [0.25, 0.3) is 0 Å². The fraction of sp³-hybridized carbons (Fsp3) is 0.565. The van der Waals surface area contributed by atoms with Gasteiger partial charge in [0.1, 0.15) is 0 Å². The van der Waals surface area contributed by atoms with E-state index in [0.717, 1.165) is 57.7 Å². The van der Waals surface area contributed by atoms with Crippen LogP contribution in [0, 0.1) is 5.92 Å². The van der Waals surface area contributed by atoms with Crippen LogP contribution in [0.2, 0.25) is 0 Å². The van der Waals surface area contributed by atoms with Gasteiger partial charge >= 0.3 is 0 Å². The molecule has 4 rings (SSSR count). The van der Waals surface area contributed by atoms with Crippen molar-refractivity contribution in [2.24, 2.45) is 5.92 Å². The van der Waals surface area contributed by atoms with E-state index in [1.165, 1.54) is 5.69 Å². The molecule has 2 N–H and O–H groups in total. The predicted molar refractivity (Wildman–Crippen MR) is 120 cm³/mol. The Labute approximate surface area is 187 Å². The van der Waals surface area contributed by atoms with Gasteiger partial charge in [-0.05, 0) is 55.9 Å². The second-order valence-corrected chi connectivity index (χ2v) is 8.32. The second kappa shape index (κ2) is 11.4. The molecule has 1 saturated heterocycles. The highest BCUT2D eigenvalue weighted by atomic mass is 19.3. The lowest BCUT2D eigenvalue weighted by Crippen LogP contribution is -2.37. The largest absolute Gasteiger partial charge is 0.477 e. The van der Waals surface area contributed by atoms with Crippen molar-refractivity contribution in [2.75, 3.05) is 49.7 Å². The molecule has 2 aromatic rings. The number of alkyl halides is 2. The van der Waals surface area contributed by atoms with Gasteiger partial charge in [-0.2, -0.15) is 4.98 Å². The van der Waals surface area contributed by atoms with Gasteiger partial charge in [0, 0.05) is 42.8 Å². The second-order valence-electron chi connectivity index (χ2n) is 8.32. The summed E-state index contributed by atoms with van der Waals surface area (Å²) in [4.78, 5) is 11.1. The lowest BCUT2D eigenvalue weighted by Gasteiger charge is -2.29. The van der Waals surface area contributed by atoms with Gasteiger partial charge in [-0.15, -0.1) is 0 Å². The molecule has 1 aromatic carbocycles. The third-order valence-corrected chi connectivity index (χ3v) is 6.00. The summed E-state index contributed by atoms with van der Waals surface area (Å²) in [5.74, 6) is 1.44. The first-order valence-electron chi connectivity index (χ1n) is 11.3. The predicted octanol–water partition coefficient (Wildman–Crippen LogP) is 3.85. The Morgan fingerprint density at radius 1 is 1.06 bits per heavy atom. The molecular formula is C23H31F2N5O2. The topological polar surface area (TPSA) is 71.5 Å². The highest BCUT2D eigenvalue weighted by Crippen LogP contribution is 2.26. The molecule has 2 heterocycles. The number of nitrogens with one attached hydrogen (secondary N) is 2. The molecule has 0 spiro atoms. The summed E-state index contributed by atoms with van der Waals surface area (Å²) in [5, 5.41) is 6.17. The van der Waals surface area contributed by atoms with Crippen molar-refractivity contribution in [2.45, 2.75) is 38.2 Å². The van der Waals surface area contributed by atoms with Crippen LogP contribution in [0.5, 0.6) is 5.88 Å². The highest BCUT2D eigenvalue weighted by Gasteiger charge is 2.22. The van der Waals surface area contributed by atoms with Crippen LogP contribution in [0.1, 0.15) is 25.7 Å². The van der Waals surface area contributed by atoms with E-state index in [4.69, 9.17) is 9.47 Å². The van der Waals surface area contributed by atoms with Crippen LogP contribution < -0.4 is 20.3 Å². The highest BCUT2D eigenvalue weighted by molar-refractivity contribution is 5.59. The molecule has 0 radical (unpaired) electrons. The molecular weight excluding hydrogens is 416 g/mol. The average molecular weight is 448 g/mol. The molecule has 0 unspecified atom stereocenters. The van der Waals surface area contributed by atoms with Gasteiger partial charge in [-0.25, -0.2) is 13.8 Å². The summed E-state index contributed by atoms with van der Waals surface area (Å²) in [6.45, 7) is 3.69. The molecule has 0 atom stereocenters. The van der Waals surface area contributed by atoms with Crippen molar-refractivity contribution >= 4 is 17.3 Å². The molecule has 0 bridgehead atoms. The maximum Gasteiger partial charge on any atom is 0.250 e. The minimum absolute atomic E-state index is 0.185. The Bertz CT molecular complexity index is 825. The van der Waals surface area contributed by atoms with Gasteiger partial charge in [-0.3, -0.25) is 0 Å². The van der Waals surface area contributed by atoms with Crippen molar-refractivity contribution in [3.05, 3.63) is 36.5 Å². The van der Waals surface area contributed by atoms with E-state index in [2.05, 4.69) is 37.6 Å². The molecule has 32 heavy (non-hydrogen) atoms. The van der Waals surface area contributed by atoms with E-state index in [1.807, 2.05) is 12.1 Å². The number of halogens is 2. The number of nitrogens with zero attached hydrogens (tertiary/aromatic N) is 3. The molecule has 1 saturated carbocycles. The van der Waals surface area contributed by atoms with Gasteiger partial charge in [0.05, 0.1) is 26.4 Å². The first kappa shape index (κ1) is 22.7. The summed E-state index contributed by atoms with van der Waals surface area (Å²) in [5.41, 5.74) is 2.09. The fourth-order valence-corrected chi connectivity index (χ4v) is 4.18. The smallest absolute Gasteiger partial charge is 0.250 e. The van der Waals surface area contributed by atoms with Gasteiger partial charge in [0.25, 0.3) is 6.43 Å². The standard InChI is InChI=1S/C23H31F2N5O2/c24-21(25)15-27-18-3-1-17(2-4-18)16-32-22-9-10-26-23(29-22)28-19-5-7-20(8-6-19)30-11-13-31-14-12-30/h5-10,17-18,21,27H,1-4,11-16H2,(H,26,28,29). The van der Waals surface area contributed by atoms with E-state index < -0.39 is 6.43 Å². The summed E-state index contributed by atoms with van der Waals surface area (Å²) in [6, 6.07) is 10.1. The van der Waals surface area contributed by atoms with Crippen LogP contribution in [-0.4, -0.2) is 61.9 Å². The number of morpholine rings is 1. The Kier molecular flexibility index (Phi) is 8.06. The van der Waals surface area contributed by atoms with Gasteiger partial charge in [0.2, 0.25) is 11.8 Å². The zero-order valence-corrected chi connectivity index (χ0v) is 18.2. The zero-order chi connectivity index (χ0) is 22.2. The average Bonchev–Trinajstić information content (AvgIpc) is 2.83. The van der Waals surface area contributed by atoms with Crippen molar-refractivity contribution in [1.82, 2.24) is 15.3 Å². The molecule has 1 aliphatic carbocycles. The van der Waals surface area contributed by atoms with E-state index in [-0.39, 0.29) is 12.6 Å². The Morgan fingerprint density at radius 2 is 1.81 bits per heavy atom. The van der Waals surface area contributed by atoms with Gasteiger partial charge in [-0.1, -0.05) is 0 Å². The summed E-state index contributed by atoms with van der Waals surface area (Å²) in [7, 11) is 0. The molecule has 2 aliphatic rings. The van der Waals surface area contributed by atoms with Gasteiger partial charge < -0.3 is 25.0 Å². The number of benzene rings is 1. The molecule has 9 heteroatoms. The van der Waals surface area contributed by atoms with Crippen molar-refractivity contribution in [3.8, 4) is 5.88 Å². The summed E-state index contributed by atoms with van der Waals surface area (Å²) in [6.07, 6.45) is 3.12. The molecule has 0 amide bonds. The van der Waals surface area contributed by atoms with Crippen molar-refractivity contribution in [3.63, 3.8) is 0 Å². The van der Waals surface area contributed by atoms with E-state index in [0.29, 0.717) is 24.4 Å². The van der Waals surface area contributed by atoms with Crippen LogP contribution in [0.15, 0.2) is 36.5 Å². The van der Waals surface area contributed by atoms with Crippen LogP contribution in [-0.2, 0) is 4.74 Å². The number of hydrogen-bond acceptors (Lipinski definition) is 7. The van der Waals surface area contributed by atoms with Crippen molar-refractivity contribution in [1.29, 1.82) is 0 Å². The minimum atomic E-state index is -2.29. The minimum Gasteiger partial charge on any atom is -0.477 e. The number of ether oxygens (including phenoxy) is 2. The van der Waals surface area contributed by atoms with E-state index in [1.54, 1.807) is 12.3 Å². The number of anilines is 3. The van der Waals surface area contributed by atoms with Crippen LogP contribution >= 0.6 is 0 Å². The molecule has 2 fully saturated rings. The molecule has 174 valence electrons. The lowest BCUT2D eigenvalue weighted by atomic mass is 9.86. The third kappa shape index (κ3) is 6.74.